The maximum Gasteiger partial charge on any atom is 0.352 e. The second-order valence-corrected chi connectivity index (χ2v) is 7.38. The molecule has 8 nitrogen and oxygen atoms in total. The summed E-state index contributed by atoms with van der Waals surface area (Å²) in [6.07, 6.45) is 1.49. The van der Waals surface area contributed by atoms with Crippen LogP contribution in [0.4, 0.5) is 14.6 Å². The van der Waals surface area contributed by atoms with Gasteiger partial charge in [0.1, 0.15) is 24.9 Å². The van der Waals surface area contributed by atoms with Crippen molar-refractivity contribution in [3.8, 4) is 17.4 Å². The van der Waals surface area contributed by atoms with E-state index in [9.17, 15) is 13.6 Å². The minimum Gasteiger partial charge on any atom is -0.473 e. The van der Waals surface area contributed by atoms with Crippen LogP contribution >= 0.6 is 0 Å². The van der Waals surface area contributed by atoms with Crippen LogP contribution in [0.3, 0.4) is 0 Å². The Balaban J connectivity index is 1.33. The number of rotatable bonds is 5. The predicted molar refractivity (Wildman–Crippen MR) is 105 cm³/mol. The molecule has 4 heterocycles. The highest BCUT2D eigenvalue weighted by atomic mass is 19.1. The summed E-state index contributed by atoms with van der Waals surface area (Å²) in [5.74, 6) is -1.23. The van der Waals surface area contributed by atoms with Gasteiger partial charge in [-0.25, -0.2) is 13.6 Å². The van der Waals surface area contributed by atoms with Crippen LogP contribution in [0.25, 0.3) is 0 Å². The molecule has 1 unspecified atom stereocenters. The van der Waals surface area contributed by atoms with Crippen LogP contribution in [0.1, 0.15) is 11.3 Å². The summed E-state index contributed by atoms with van der Waals surface area (Å²) < 4.78 is 46.8. The summed E-state index contributed by atoms with van der Waals surface area (Å²) in [5, 5.41) is 0. The number of hydrogen-bond donors (Lipinski definition) is 0. The minimum atomic E-state index is -0.868. The van der Waals surface area contributed by atoms with Crippen molar-refractivity contribution in [3.63, 3.8) is 0 Å². The SMILES string of the molecule is Cc1cc(Oc2c(F)cc(COc3cc4n(c(=O)n3)CC3COCN43)cc2F)ccn1. The van der Waals surface area contributed by atoms with E-state index in [1.54, 1.807) is 23.6 Å². The molecule has 10 heteroatoms. The average molecular weight is 428 g/mol. The lowest BCUT2D eigenvalue weighted by atomic mass is 10.2. The van der Waals surface area contributed by atoms with Crippen LogP contribution in [-0.2, 0) is 17.9 Å². The van der Waals surface area contributed by atoms with Crippen molar-refractivity contribution in [1.29, 1.82) is 0 Å². The van der Waals surface area contributed by atoms with Crippen molar-refractivity contribution in [3.05, 3.63) is 69.9 Å². The molecule has 1 saturated heterocycles. The van der Waals surface area contributed by atoms with E-state index >= 15 is 0 Å². The molecule has 0 aliphatic carbocycles. The summed E-state index contributed by atoms with van der Waals surface area (Å²) in [6, 6.07) is 7.06. The number of ether oxygens (including phenoxy) is 3. The van der Waals surface area contributed by atoms with Gasteiger partial charge in [0.2, 0.25) is 5.88 Å². The number of halogens is 2. The molecule has 1 fully saturated rings. The molecule has 3 aromatic rings. The van der Waals surface area contributed by atoms with E-state index in [-0.39, 0.29) is 29.8 Å². The van der Waals surface area contributed by atoms with Gasteiger partial charge in [-0.3, -0.25) is 9.55 Å². The summed E-state index contributed by atoms with van der Waals surface area (Å²) >= 11 is 0. The molecule has 160 valence electrons. The molecule has 0 radical (unpaired) electrons. The highest BCUT2D eigenvalue weighted by Crippen LogP contribution is 2.31. The second kappa shape index (κ2) is 7.62. The van der Waals surface area contributed by atoms with E-state index in [1.807, 2.05) is 4.90 Å². The Morgan fingerprint density at radius 2 is 2.03 bits per heavy atom. The molecule has 2 aliphatic rings. The second-order valence-electron chi connectivity index (χ2n) is 7.38. The first-order valence-corrected chi connectivity index (χ1v) is 9.65. The number of pyridine rings is 1. The van der Waals surface area contributed by atoms with Crippen molar-refractivity contribution in [2.45, 2.75) is 26.1 Å². The number of anilines is 1. The average Bonchev–Trinajstić information content (AvgIpc) is 3.32. The Labute approximate surface area is 175 Å². The molecule has 2 aliphatic heterocycles. The summed E-state index contributed by atoms with van der Waals surface area (Å²) in [4.78, 5) is 22.2. The number of nitrogens with zero attached hydrogens (tertiary/aromatic N) is 4. The van der Waals surface area contributed by atoms with Crippen molar-refractivity contribution in [2.24, 2.45) is 0 Å². The van der Waals surface area contributed by atoms with E-state index in [0.29, 0.717) is 31.4 Å². The number of aromatic nitrogens is 3. The van der Waals surface area contributed by atoms with Gasteiger partial charge in [0, 0.05) is 24.0 Å². The third-order valence-corrected chi connectivity index (χ3v) is 5.17. The van der Waals surface area contributed by atoms with Gasteiger partial charge < -0.3 is 19.1 Å². The van der Waals surface area contributed by atoms with Crippen LogP contribution in [0, 0.1) is 18.6 Å². The predicted octanol–water partition coefficient (Wildman–Crippen LogP) is 2.77. The van der Waals surface area contributed by atoms with Gasteiger partial charge in [-0.15, -0.1) is 0 Å². The van der Waals surface area contributed by atoms with Gasteiger partial charge in [0.15, 0.2) is 17.4 Å². The van der Waals surface area contributed by atoms with Crippen LogP contribution < -0.4 is 20.1 Å². The monoisotopic (exact) mass is 428 g/mol. The summed E-state index contributed by atoms with van der Waals surface area (Å²) in [5.41, 5.74) is 0.460. The molecular formula is C21H18F2N4O4. The molecule has 31 heavy (non-hydrogen) atoms. The fourth-order valence-corrected chi connectivity index (χ4v) is 3.71. The minimum absolute atomic E-state index is 0.0807. The van der Waals surface area contributed by atoms with E-state index in [1.165, 1.54) is 12.3 Å². The van der Waals surface area contributed by atoms with Crippen molar-refractivity contribution in [1.82, 2.24) is 14.5 Å². The first-order chi connectivity index (χ1) is 15.0. The van der Waals surface area contributed by atoms with Crippen molar-refractivity contribution in [2.75, 3.05) is 18.2 Å². The van der Waals surface area contributed by atoms with E-state index in [4.69, 9.17) is 14.2 Å². The molecule has 0 saturated carbocycles. The molecule has 0 N–H and O–H groups in total. The Hall–Kier alpha value is -3.53. The number of fused-ring (bicyclic) bond motifs is 3. The number of benzene rings is 1. The topological polar surface area (TPSA) is 78.7 Å². The molecule has 5 rings (SSSR count). The first kappa shape index (κ1) is 19.4. The van der Waals surface area contributed by atoms with E-state index in [0.717, 1.165) is 12.1 Å². The molecule has 0 bridgehead atoms. The van der Waals surface area contributed by atoms with Gasteiger partial charge in [-0.2, -0.15) is 4.98 Å². The van der Waals surface area contributed by atoms with Crippen LogP contribution in [0.5, 0.6) is 17.4 Å². The molecule has 0 spiro atoms. The summed E-state index contributed by atoms with van der Waals surface area (Å²) in [7, 11) is 0. The van der Waals surface area contributed by atoms with Gasteiger partial charge in [0.25, 0.3) is 0 Å². The molecule has 2 aromatic heterocycles. The van der Waals surface area contributed by atoms with Crippen LogP contribution in [0.15, 0.2) is 41.3 Å². The molecular weight excluding hydrogens is 410 g/mol. The van der Waals surface area contributed by atoms with Gasteiger partial charge >= 0.3 is 5.69 Å². The third-order valence-electron chi connectivity index (χ3n) is 5.17. The maximum absolute atomic E-state index is 14.5. The Morgan fingerprint density at radius 3 is 2.81 bits per heavy atom. The Morgan fingerprint density at radius 1 is 1.23 bits per heavy atom. The zero-order valence-electron chi connectivity index (χ0n) is 16.5. The zero-order valence-corrected chi connectivity index (χ0v) is 16.5. The fraction of sp³-hybridized carbons (Fsp3) is 0.286. The molecule has 1 aromatic carbocycles. The van der Waals surface area contributed by atoms with Crippen molar-refractivity contribution >= 4 is 5.82 Å². The third kappa shape index (κ3) is 3.70. The van der Waals surface area contributed by atoms with Gasteiger partial charge in [-0.05, 0) is 30.7 Å². The fourth-order valence-electron chi connectivity index (χ4n) is 3.71. The highest BCUT2D eigenvalue weighted by molar-refractivity contribution is 5.47. The van der Waals surface area contributed by atoms with Gasteiger partial charge in [0.05, 0.1) is 19.2 Å². The Kier molecular flexibility index (Phi) is 4.78. The maximum atomic E-state index is 14.5. The first-order valence-electron chi connectivity index (χ1n) is 9.65. The number of hydrogen-bond acceptors (Lipinski definition) is 7. The lowest BCUT2D eigenvalue weighted by Crippen LogP contribution is -2.26. The number of aryl methyl sites for hydroxylation is 1. The smallest absolute Gasteiger partial charge is 0.352 e. The standard InChI is InChI=1S/C21H18F2N4O4/c1-12-4-15(2-3-24-12)31-20-16(22)5-13(6-17(20)23)9-30-18-7-19-26(21(28)25-18)8-14-10-29-11-27(14)19/h2-7,14H,8-11H2,1H3. The quantitative estimate of drug-likeness (QED) is 0.618. The van der Waals surface area contributed by atoms with E-state index in [2.05, 4.69) is 9.97 Å². The Bertz CT molecular complexity index is 1190. The lowest BCUT2D eigenvalue weighted by molar-refractivity contribution is 0.189. The lowest BCUT2D eigenvalue weighted by Gasteiger charge is -2.15. The molecule has 0 amide bonds. The van der Waals surface area contributed by atoms with E-state index < -0.39 is 23.1 Å². The highest BCUT2D eigenvalue weighted by Gasteiger charge is 2.35. The zero-order chi connectivity index (χ0) is 21.5. The van der Waals surface area contributed by atoms with Crippen LogP contribution in [-0.4, -0.2) is 33.9 Å². The van der Waals surface area contributed by atoms with Crippen LogP contribution in [0.2, 0.25) is 0 Å². The normalized spacial score (nSPS) is 16.9. The molecule has 1 atom stereocenters. The van der Waals surface area contributed by atoms with Gasteiger partial charge in [-0.1, -0.05) is 0 Å². The largest absolute Gasteiger partial charge is 0.473 e. The summed E-state index contributed by atoms with van der Waals surface area (Å²) in [6.45, 7) is 3.02. The van der Waals surface area contributed by atoms with Crippen molar-refractivity contribution < 1.29 is 23.0 Å².